The van der Waals surface area contributed by atoms with Crippen LogP contribution in [0.4, 0.5) is 0 Å². The summed E-state index contributed by atoms with van der Waals surface area (Å²) in [6.45, 7) is 3.12. The second-order valence-electron chi connectivity index (χ2n) is 8.27. The van der Waals surface area contributed by atoms with Crippen molar-refractivity contribution in [2.24, 2.45) is 0 Å². The molecule has 1 spiro atoms. The zero-order valence-corrected chi connectivity index (χ0v) is 16.6. The van der Waals surface area contributed by atoms with Crippen LogP contribution in [0.3, 0.4) is 0 Å². The lowest BCUT2D eigenvalue weighted by Gasteiger charge is -2.44. The van der Waals surface area contributed by atoms with Gasteiger partial charge >= 0.3 is 0 Å². The molecule has 1 aromatic carbocycles. The van der Waals surface area contributed by atoms with Gasteiger partial charge in [0.05, 0.1) is 31.7 Å². The fourth-order valence-corrected chi connectivity index (χ4v) is 5.99. The highest BCUT2D eigenvalue weighted by Gasteiger charge is 2.55. The maximum atomic E-state index is 13.5. The number of rotatable bonds is 1. The van der Waals surface area contributed by atoms with Crippen LogP contribution >= 0.6 is 9.47 Å². The van der Waals surface area contributed by atoms with Gasteiger partial charge in [-0.3, -0.25) is 4.79 Å². The monoisotopic (exact) mass is 400 g/mol. The van der Waals surface area contributed by atoms with Gasteiger partial charge in [0.15, 0.2) is 11.5 Å². The normalized spacial score (nSPS) is 31.8. The molecule has 6 nitrogen and oxygen atoms in total. The Bertz CT molecular complexity index is 1020. The Hall–Kier alpha value is -1.56. The maximum absolute atomic E-state index is 13.5. The number of aliphatic hydroxyl groups excluding tert-OH is 1. The molecule has 28 heavy (non-hydrogen) atoms. The molecule has 146 valence electrons. The molecule has 0 saturated carbocycles. The lowest BCUT2D eigenvalue weighted by atomic mass is 9.60. The minimum absolute atomic E-state index is 0.128. The van der Waals surface area contributed by atoms with Crippen LogP contribution in [-0.2, 0) is 31.6 Å². The first kappa shape index (κ1) is 17.3. The summed E-state index contributed by atoms with van der Waals surface area (Å²) >= 11 is 0. The minimum atomic E-state index is -0.732. The number of carbonyl (C=O) groups is 1. The summed E-state index contributed by atoms with van der Waals surface area (Å²) < 4.78 is 23.1. The van der Waals surface area contributed by atoms with E-state index in [4.69, 9.17) is 18.4 Å². The summed E-state index contributed by atoms with van der Waals surface area (Å²) in [5.74, 6) is -0.542. The highest BCUT2D eigenvalue weighted by molar-refractivity contribution is 7.09. The molecule has 0 bridgehead atoms. The van der Waals surface area contributed by atoms with Crippen LogP contribution in [0.1, 0.15) is 69.8 Å². The number of fused-ring (bicyclic) bond motifs is 5. The Morgan fingerprint density at radius 3 is 2.75 bits per heavy atom. The molecular formula is C21H21O6P. The van der Waals surface area contributed by atoms with Crippen LogP contribution in [-0.4, -0.2) is 30.2 Å². The van der Waals surface area contributed by atoms with Gasteiger partial charge in [-0.05, 0) is 24.5 Å². The molecule has 2 unspecified atom stereocenters. The number of hydrogen-bond donors (Lipinski definition) is 1. The fraction of sp³-hybridized carbons (Fsp3) is 0.476. The van der Waals surface area contributed by atoms with Crippen LogP contribution in [0.2, 0.25) is 0 Å². The van der Waals surface area contributed by atoms with E-state index in [2.05, 4.69) is 9.47 Å². The number of aliphatic hydroxyl groups is 1. The van der Waals surface area contributed by atoms with Gasteiger partial charge in [-0.2, -0.15) is 0 Å². The van der Waals surface area contributed by atoms with Crippen LogP contribution < -0.4 is 0 Å². The molecule has 7 heteroatoms. The lowest BCUT2D eigenvalue weighted by Crippen LogP contribution is -2.47. The van der Waals surface area contributed by atoms with E-state index in [0.717, 1.165) is 27.8 Å². The van der Waals surface area contributed by atoms with Gasteiger partial charge in [-0.15, -0.1) is 0 Å². The van der Waals surface area contributed by atoms with Crippen LogP contribution in [0, 0.1) is 0 Å². The predicted octanol–water partition coefficient (Wildman–Crippen LogP) is 2.89. The first-order valence-corrected chi connectivity index (χ1v) is 10.1. The summed E-state index contributed by atoms with van der Waals surface area (Å²) in [5, 5.41) is 11.1. The molecule has 1 aliphatic heterocycles. The molecule has 3 aliphatic carbocycles. The van der Waals surface area contributed by atoms with Crippen molar-refractivity contribution in [2.75, 3.05) is 13.2 Å². The summed E-state index contributed by atoms with van der Waals surface area (Å²) in [7, 11) is 2.25. The van der Waals surface area contributed by atoms with Gasteiger partial charge in [-0.25, -0.2) is 0 Å². The molecule has 1 fully saturated rings. The number of hydrogen-bond acceptors (Lipinski definition) is 6. The van der Waals surface area contributed by atoms with E-state index in [1.807, 2.05) is 19.1 Å². The third-order valence-corrected chi connectivity index (χ3v) is 7.46. The zero-order valence-electron chi connectivity index (χ0n) is 15.5. The second kappa shape index (κ2) is 5.53. The van der Waals surface area contributed by atoms with Crippen molar-refractivity contribution in [2.45, 2.75) is 49.6 Å². The van der Waals surface area contributed by atoms with Gasteiger partial charge in [0.1, 0.15) is 0 Å². The van der Waals surface area contributed by atoms with Gasteiger partial charge in [0.2, 0.25) is 5.78 Å². The second-order valence-corrected chi connectivity index (χ2v) is 8.54. The predicted molar refractivity (Wildman–Crippen MR) is 101 cm³/mol. The fourth-order valence-electron chi connectivity index (χ4n) is 5.73. The van der Waals surface area contributed by atoms with E-state index in [1.165, 1.54) is 0 Å². The Labute approximate surface area is 164 Å². The van der Waals surface area contributed by atoms with E-state index in [1.54, 1.807) is 6.26 Å². The molecule has 1 N–H and O–H groups in total. The average molecular weight is 400 g/mol. The molecule has 2 heterocycles. The SMILES string of the molecule is C[C@]12c3ccc4c(c3C(=O)c3occ(c31)C(OP)C[C@@H]2O)CCC41OCCO1. The number of benzene rings is 1. The largest absolute Gasteiger partial charge is 0.460 e. The quantitative estimate of drug-likeness (QED) is 0.742. The van der Waals surface area contributed by atoms with Crippen molar-refractivity contribution in [1.82, 2.24) is 0 Å². The maximum Gasteiger partial charge on any atom is 0.229 e. The molecule has 0 amide bonds. The van der Waals surface area contributed by atoms with E-state index >= 15 is 0 Å². The van der Waals surface area contributed by atoms with Crippen LogP contribution in [0.5, 0.6) is 0 Å². The summed E-state index contributed by atoms with van der Waals surface area (Å²) in [4.78, 5) is 13.5. The van der Waals surface area contributed by atoms with E-state index in [9.17, 15) is 9.90 Å². The third-order valence-electron chi connectivity index (χ3n) is 7.13. The minimum Gasteiger partial charge on any atom is -0.460 e. The molecule has 1 aromatic heterocycles. The van der Waals surface area contributed by atoms with E-state index in [0.29, 0.717) is 43.8 Å². The van der Waals surface area contributed by atoms with Crippen molar-refractivity contribution >= 4 is 15.2 Å². The first-order chi connectivity index (χ1) is 13.5. The highest BCUT2D eigenvalue weighted by Crippen LogP contribution is 2.56. The van der Waals surface area contributed by atoms with Crippen molar-refractivity contribution in [3.8, 4) is 0 Å². The number of carbonyl (C=O) groups excluding carboxylic acids is 1. The Morgan fingerprint density at radius 1 is 1.25 bits per heavy atom. The summed E-state index contributed by atoms with van der Waals surface area (Å²) in [6, 6.07) is 3.98. The topological polar surface area (TPSA) is 78.1 Å². The Morgan fingerprint density at radius 2 is 2.00 bits per heavy atom. The number of ketones is 1. The van der Waals surface area contributed by atoms with Crippen LogP contribution in [0.25, 0.3) is 0 Å². The van der Waals surface area contributed by atoms with E-state index < -0.39 is 17.3 Å². The molecule has 0 radical (unpaired) electrons. The molecule has 6 rings (SSSR count). The first-order valence-electron chi connectivity index (χ1n) is 9.66. The Kier molecular flexibility index (Phi) is 3.42. The molecule has 4 atom stereocenters. The molecule has 4 aliphatic rings. The van der Waals surface area contributed by atoms with E-state index in [-0.39, 0.29) is 11.9 Å². The highest BCUT2D eigenvalue weighted by atomic mass is 31.0. The van der Waals surface area contributed by atoms with Crippen molar-refractivity contribution in [3.63, 3.8) is 0 Å². The summed E-state index contributed by atoms with van der Waals surface area (Å²) in [5.41, 5.74) is 4.29. The smallest absolute Gasteiger partial charge is 0.229 e. The standard InChI is InChI=1S/C21H21O6P/c1-20-13-3-2-12-10(4-5-21(12)25-6-7-26-21)16(13)18(23)19-17(20)11(9-24-19)14(27-28)8-15(20)22/h2-3,9,14-15,22H,4-8,28H2,1H3/t14?,15-,20+/m0/s1. The van der Waals surface area contributed by atoms with Gasteiger partial charge in [-0.1, -0.05) is 12.1 Å². The lowest BCUT2D eigenvalue weighted by molar-refractivity contribution is -0.163. The average Bonchev–Trinajstić information content (AvgIpc) is 3.43. The Balaban J connectivity index is 1.62. The molecular weight excluding hydrogens is 379 g/mol. The van der Waals surface area contributed by atoms with Crippen molar-refractivity contribution < 1.29 is 28.3 Å². The molecule has 1 saturated heterocycles. The third kappa shape index (κ3) is 1.84. The van der Waals surface area contributed by atoms with Crippen molar-refractivity contribution in [3.05, 3.63) is 57.5 Å². The van der Waals surface area contributed by atoms with Gasteiger partial charge in [0.25, 0.3) is 0 Å². The number of furan rings is 1. The van der Waals surface area contributed by atoms with Gasteiger partial charge in [0, 0.05) is 50.0 Å². The number of ether oxygens (including phenoxy) is 2. The van der Waals surface area contributed by atoms with Crippen molar-refractivity contribution in [1.29, 1.82) is 0 Å². The van der Waals surface area contributed by atoms with Crippen LogP contribution in [0.15, 0.2) is 22.8 Å². The van der Waals surface area contributed by atoms with Gasteiger partial charge < -0.3 is 23.5 Å². The molecule has 2 aromatic rings. The summed E-state index contributed by atoms with van der Waals surface area (Å²) in [6.07, 6.45) is 2.45. The zero-order chi connectivity index (χ0) is 19.3.